The lowest BCUT2D eigenvalue weighted by Gasteiger charge is -2.06. The molecule has 26 heavy (non-hydrogen) atoms. The van der Waals surface area contributed by atoms with Crippen LogP contribution >= 0.6 is 11.6 Å². The van der Waals surface area contributed by atoms with Crippen molar-refractivity contribution in [2.24, 2.45) is 5.10 Å². The monoisotopic (exact) mass is 360 g/mol. The molecule has 0 saturated heterocycles. The van der Waals surface area contributed by atoms with E-state index < -0.39 is 0 Å². The first-order valence-corrected chi connectivity index (χ1v) is 8.72. The molecule has 0 spiro atoms. The maximum atomic E-state index is 6.13. The molecule has 0 bridgehead atoms. The van der Waals surface area contributed by atoms with Gasteiger partial charge < -0.3 is 4.42 Å². The van der Waals surface area contributed by atoms with E-state index in [1.165, 1.54) is 0 Å². The average molecular weight is 361 g/mol. The summed E-state index contributed by atoms with van der Waals surface area (Å²) < 4.78 is 6.13. The molecule has 0 aliphatic carbocycles. The third kappa shape index (κ3) is 3.48. The van der Waals surface area contributed by atoms with Crippen LogP contribution in [0.2, 0.25) is 5.02 Å². The molecule has 0 radical (unpaired) electrons. The van der Waals surface area contributed by atoms with Crippen LogP contribution in [0.4, 0.5) is 5.69 Å². The molecule has 128 valence electrons. The normalized spacial score (nSPS) is 11.7. The van der Waals surface area contributed by atoms with Gasteiger partial charge in [-0.05, 0) is 61.0 Å². The maximum absolute atomic E-state index is 6.13. The van der Waals surface area contributed by atoms with Crippen LogP contribution in [0.5, 0.6) is 0 Å². The number of halogens is 1. The first-order chi connectivity index (χ1) is 12.7. The van der Waals surface area contributed by atoms with Gasteiger partial charge in [-0.25, -0.2) is 0 Å². The fourth-order valence-corrected chi connectivity index (χ4v) is 2.89. The van der Waals surface area contributed by atoms with Crippen LogP contribution in [-0.4, -0.2) is 0 Å². The Morgan fingerprint density at radius 1 is 0.885 bits per heavy atom. The first-order valence-electron chi connectivity index (χ1n) is 8.34. The summed E-state index contributed by atoms with van der Waals surface area (Å²) in [5.41, 5.74) is 6.94. The van der Waals surface area contributed by atoms with Crippen LogP contribution in [0.25, 0.3) is 22.3 Å². The Morgan fingerprint density at radius 2 is 1.65 bits per heavy atom. The number of para-hydroxylation sites is 1. The number of benzene rings is 3. The number of hydrogen-bond donors (Lipinski definition) is 1. The Hall–Kier alpha value is -3.04. The van der Waals surface area contributed by atoms with E-state index in [2.05, 4.69) is 16.6 Å². The maximum Gasteiger partial charge on any atom is 0.137 e. The summed E-state index contributed by atoms with van der Waals surface area (Å²) in [7, 11) is 0. The lowest BCUT2D eigenvalue weighted by molar-refractivity contribution is 0.618. The van der Waals surface area contributed by atoms with Crippen LogP contribution < -0.4 is 10.8 Å². The lowest BCUT2D eigenvalue weighted by atomic mass is 10.1. The number of hydrogen-bond acceptors (Lipinski definition) is 3. The van der Waals surface area contributed by atoms with Gasteiger partial charge in [0.05, 0.1) is 11.0 Å². The molecule has 0 aliphatic heterocycles. The minimum atomic E-state index is 0.695. The summed E-state index contributed by atoms with van der Waals surface area (Å²) in [5, 5.41) is 7.07. The van der Waals surface area contributed by atoms with Crippen molar-refractivity contribution in [3.05, 3.63) is 94.8 Å². The summed E-state index contributed by atoms with van der Waals surface area (Å²) >= 11 is 6.00. The highest BCUT2D eigenvalue weighted by molar-refractivity contribution is 6.30. The van der Waals surface area contributed by atoms with E-state index in [1.54, 1.807) is 0 Å². The average Bonchev–Trinajstić information content (AvgIpc) is 2.67. The molecule has 0 fully saturated rings. The zero-order valence-electron chi connectivity index (χ0n) is 14.2. The zero-order chi connectivity index (χ0) is 17.9. The molecule has 0 unspecified atom stereocenters. The van der Waals surface area contributed by atoms with E-state index in [9.17, 15) is 0 Å². The van der Waals surface area contributed by atoms with Gasteiger partial charge in [0.15, 0.2) is 0 Å². The first kappa shape index (κ1) is 16.4. The number of anilines is 1. The summed E-state index contributed by atoms with van der Waals surface area (Å²) in [5.74, 6) is 0.744. The van der Waals surface area contributed by atoms with Gasteiger partial charge in [-0.3, -0.25) is 5.43 Å². The number of nitrogens with zero attached hydrogens (tertiary/aromatic N) is 1. The fraction of sp³-hybridized carbons (Fsp3) is 0.0455. The molecule has 0 aliphatic rings. The topological polar surface area (TPSA) is 37.5 Å². The summed E-state index contributed by atoms with van der Waals surface area (Å²) in [6, 6.07) is 25.5. The van der Waals surface area contributed by atoms with Crippen molar-refractivity contribution in [3.63, 3.8) is 0 Å². The predicted octanol–water partition coefficient (Wildman–Crippen LogP) is 5.99. The molecule has 3 aromatic carbocycles. The summed E-state index contributed by atoms with van der Waals surface area (Å²) in [6.07, 6.45) is 0. The van der Waals surface area contributed by atoms with Crippen LogP contribution in [0.1, 0.15) is 5.56 Å². The Kier molecular flexibility index (Phi) is 4.46. The quantitative estimate of drug-likeness (QED) is 0.456. The van der Waals surface area contributed by atoms with E-state index in [0.717, 1.165) is 38.9 Å². The van der Waals surface area contributed by atoms with Gasteiger partial charge in [0.1, 0.15) is 11.3 Å². The minimum absolute atomic E-state index is 0.695. The van der Waals surface area contributed by atoms with Crippen LogP contribution in [0.15, 0.2) is 88.4 Å². The van der Waals surface area contributed by atoms with Crippen molar-refractivity contribution in [1.29, 1.82) is 0 Å². The number of nitrogens with one attached hydrogen (secondary N) is 1. The van der Waals surface area contributed by atoms with Gasteiger partial charge in [0, 0.05) is 22.0 Å². The molecular formula is C22H17ClN2O. The van der Waals surface area contributed by atoms with Crippen LogP contribution in [0.3, 0.4) is 0 Å². The molecule has 0 saturated carbocycles. The standard InChI is InChI=1S/C22H17ClN2O/c1-15-7-12-19-20(25-24-18-5-3-2-4-6-18)14-21(26-22(19)13-15)16-8-10-17(23)11-9-16/h2-14,24H,1H3/b25-20-. The summed E-state index contributed by atoms with van der Waals surface area (Å²) in [4.78, 5) is 0. The van der Waals surface area contributed by atoms with Crippen molar-refractivity contribution in [2.75, 3.05) is 5.43 Å². The molecule has 3 nitrogen and oxygen atoms in total. The third-order valence-electron chi connectivity index (χ3n) is 4.11. The molecule has 4 rings (SSSR count). The second-order valence-corrected chi connectivity index (χ2v) is 6.53. The van der Waals surface area contributed by atoms with Gasteiger partial charge in [-0.2, -0.15) is 5.10 Å². The third-order valence-corrected chi connectivity index (χ3v) is 4.36. The second-order valence-electron chi connectivity index (χ2n) is 6.09. The van der Waals surface area contributed by atoms with Crippen molar-refractivity contribution < 1.29 is 4.42 Å². The molecular weight excluding hydrogens is 344 g/mol. The molecule has 4 aromatic rings. The number of fused-ring (bicyclic) bond motifs is 1. The van der Waals surface area contributed by atoms with Crippen molar-refractivity contribution >= 4 is 28.3 Å². The SMILES string of the molecule is Cc1ccc2/c(=N\Nc3ccccc3)cc(-c3ccc(Cl)cc3)oc2c1. The van der Waals surface area contributed by atoms with E-state index >= 15 is 0 Å². The molecule has 1 aromatic heterocycles. The predicted molar refractivity (Wildman–Crippen MR) is 107 cm³/mol. The van der Waals surface area contributed by atoms with Gasteiger partial charge in [-0.15, -0.1) is 0 Å². The van der Waals surface area contributed by atoms with E-state index in [4.69, 9.17) is 16.0 Å². The van der Waals surface area contributed by atoms with Crippen molar-refractivity contribution in [2.45, 2.75) is 6.92 Å². The highest BCUT2D eigenvalue weighted by Crippen LogP contribution is 2.24. The Bertz CT molecular complexity index is 1120. The Balaban J connectivity index is 1.88. The van der Waals surface area contributed by atoms with Crippen molar-refractivity contribution in [3.8, 4) is 11.3 Å². The van der Waals surface area contributed by atoms with Gasteiger partial charge in [0.25, 0.3) is 0 Å². The van der Waals surface area contributed by atoms with E-state index in [0.29, 0.717) is 5.02 Å². The van der Waals surface area contributed by atoms with Crippen LogP contribution in [-0.2, 0) is 0 Å². The van der Waals surface area contributed by atoms with Crippen LogP contribution in [0, 0.1) is 6.92 Å². The fourth-order valence-electron chi connectivity index (χ4n) is 2.76. The van der Waals surface area contributed by atoms with Gasteiger partial charge in [0.2, 0.25) is 0 Å². The Labute approximate surface area is 156 Å². The Morgan fingerprint density at radius 3 is 2.42 bits per heavy atom. The molecule has 4 heteroatoms. The molecule has 1 N–H and O–H groups in total. The minimum Gasteiger partial charge on any atom is -0.456 e. The second kappa shape index (κ2) is 7.06. The van der Waals surface area contributed by atoms with Crippen molar-refractivity contribution in [1.82, 2.24) is 0 Å². The molecule has 1 heterocycles. The summed E-state index contributed by atoms with van der Waals surface area (Å²) in [6.45, 7) is 2.04. The van der Waals surface area contributed by atoms with Gasteiger partial charge in [-0.1, -0.05) is 35.9 Å². The zero-order valence-corrected chi connectivity index (χ0v) is 15.0. The molecule has 0 amide bonds. The largest absolute Gasteiger partial charge is 0.456 e. The van der Waals surface area contributed by atoms with E-state index in [1.807, 2.05) is 79.7 Å². The highest BCUT2D eigenvalue weighted by Gasteiger charge is 2.06. The van der Waals surface area contributed by atoms with Gasteiger partial charge >= 0.3 is 0 Å². The lowest BCUT2D eigenvalue weighted by Crippen LogP contribution is -2.07. The number of aryl methyl sites for hydroxylation is 1. The smallest absolute Gasteiger partial charge is 0.137 e. The van der Waals surface area contributed by atoms with E-state index in [-0.39, 0.29) is 0 Å². The number of rotatable bonds is 3. The highest BCUT2D eigenvalue weighted by atomic mass is 35.5. The molecule has 0 atom stereocenters.